The Balaban J connectivity index is 2.19. The monoisotopic (exact) mass is 258 g/mol. The van der Waals surface area contributed by atoms with Crippen molar-refractivity contribution in [2.75, 3.05) is 12.4 Å². The van der Waals surface area contributed by atoms with Crippen LogP contribution >= 0.6 is 0 Å². The second-order valence-corrected chi connectivity index (χ2v) is 3.93. The van der Waals surface area contributed by atoms with Crippen LogP contribution in [0.1, 0.15) is 11.6 Å². The van der Waals surface area contributed by atoms with Crippen LogP contribution in [0.2, 0.25) is 0 Å². The first-order valence-electron chi connectivity index (χ1n) is 5.74. The van der Waals surface area contributed by atoms with E-state index in [0.717, 1.165) is 5.75 Å². The van der Waals surface area contributed by atoms with Gasteiger partial charge < -0.3 is 15.2 Å². The van der Waals surface area contributed by atoms with Crippen molar-refractivity contribution in [2.24, 2.45) is 0 Å². The van der Waals surface area contributed by atoms with Crippen LogP contribution in [0.15, 0.2) is 48.8 Å². The van der Waals surface area contributed by atoms with Crippen molar-refractivity contribution < 1.29 is 14.6 Å². The summed E-state index contributed by atoms with van der Waals surface area (Å²) in [4.78, 5) is 15.2. The van der Waals surface area contributed by atoms with Crippen LogP contribution < -0.4 is 10.1 Å². The quantitative estimate of drug-likeness (QED) is 0.861. The molecule has 5 nitrogen and oxygen atoms in total. The number of carboxylic acids is 1. The Bertz CT molecular complexity index is 540. The van der Waals surface area contributed by atoms with E-state index in [1.54, 1.807) is 49.7 Å². The number of pyridine rings is 1. The third kappa shape index (κ3) is 3.22. The van der Waals surface area contributed by atoms with Crippen LogP contribution in [-0.2, 0) is 4.79 Å². The number of hydrogen-bond donors (Lipinski definition) is 2. The molecule has 2 rings (SSSR count). The van der Waals surface area contributed by atoms with Crippen molar-refractivity contribution in [2.45, 2.75) is 6.04 Å². The highest BCUT2D eigenvalue weighted by molar-refractivity contribution is 5.79. The zero-order valence-corrected chi connectivity index (χ0v) is 10.4. The fraction of sp³-hybridized carbons (Fsp3) is 0.143. The van der Waals surface area contributed by atoms with Gasteiger partial charge in [0.2, 0.25) is 0 Å². The van der Waals surface area contributed by atoms with E-state index in [9.17, 15) is 9.90 Å². The summed E-state index contributed by atoms with van der Waals surface area (Å²) >= 11 is 0. The molecule has 1 aromatic heterocycles. The molecule has 1 atom stereocenters. The highest BCUT2D eigenvalue weighted by Crippen LogP contribution is 2.21. The predicted octanol–water partition coefficient (Wildman–Crippen LogP) is 2.33. The van der Waals surface area contributed by atoms with Crippen molar-refractivity contribution in [3.8, 4) is 5.75 Å². The van der Waals surface area contributed by atoms with Gasteiger partial charge in [-0.1, -0.05) is 6.07 Å². The van der Waals surface area contributed by atoms with Gasteiger partial charge in [-0.05, 0) is 30.3 Å². The number of ether oxygens (including phenoxy) is 1. The van der Waals surface area contributed by atoms with Gasteiger partial charge in [0.25, 0.3) is 0 Å². The molecular formula is C14H14N2O3. The summed E-state index contributed by atoms with van der Waals surface area (Å²) in [6.07, 6.45) is 3.14. The maximum absolute atomic E-state index is 11.3. The van der Waals surface area contributed by atoms with Gasteiger partial charge in [-0.2, -0.15) is 0 Å². The van der Waals surface area contributed by atoms with Crippen LogP contribution in [0.5, 0.6) is 5.75 Å². The number of carbonyl (C=O) groups is 1. The Morgan fingerprint density at radius 2 is 2.05 bits per heavy atom. The highest BCUT2D eigenvalue weighted by Gasteiger charge is 2.19. The number of rotatable bonds is 5. The van der Waals surface area contributed by atoms with Crippen LogP contribution in [-0.4, -0.2) is 23.2 Å². The molecule has 1 heterocycles. The summed E-state index contributed by atoms with van der Waals surface area (Å²) in [6, 6.07) is 9.68. The zero-order valence-electron chi connectivity index (χ0n) is 10.4. The smallest absolute Gasteiger partial charge is 0.330 e. The van der Waals surface area contributed by atoms with Crippen LogP contribution in [0.25, 0.3) is 0 Å². The number of nitrogens with zero attached hydrogens (tertiary/aromatic N) is 1. The van der Waals surface area contributed by atoms with Gasteiger partial charge in [-0.15, -0.1) is 0 Å². The van der Waals surface area contributed by atoms with Crippen molar-refractivity contribution in [1.82, 2.24) is 4.98 Å². The fourth-order valence-electron chi connectivity index (χ4n) is 1.69. The minimum absolute atomic E-state index is 0.603. The standard InChI is InChI=1S/C14H14N2O3/c1-19-12-6-4-11(5-7-12)16-13(14(17)18)10-3-2-8-15-9-10/h2-9,13,16H,1H3,(H,17,18). The normalized spacial score (nSPS) is 11.6. The topological polar surface area (TPSA) is 71.5 Å². The van der Waals surface area contributed by atoms with Gasteiger partial charge >= 0.3 is 5.97 Å². The molecule has 0 bridgehead atoms. The van der Waals surface area contributed by atoms with Gasteiger partial charge in [0.1, 0.15) is 5.75 Å². The van der Waals surface area contributed by atoms with E-state index >= 15 is 0 Å². The van der Waals surface area contributed by atoms with E-state index in [2.05, 4.69) is 10.3 Å². The van der Waals surface area contributed by atoms with Gasteiger partial charge in [-0.3, -0.25) is 4.98 Å². The van der Waals surface area contributed by atoms with Gasteiger partial charge in [0, 0.05) is 23.6 Å². The molecule has 0 saturated carbocycles. The molecule has 0 radical (unpaired) electrons. The first kappa shape index (κ1) is 12.9. The molecule has 5 heteroatoms. The molecule has 1 aromatic carbocycles. The number of methoxy groups -OCH3 is 1. The Morgan fingerprint density at radius 3 is 2.58 bits per heavy atom. The van der Waals surface area contributed by atoms with E-state index in [-0.39, 0.29) is 0 Å². The van der Waals surface area contributed by atoms with Gasteiger partial charge in [0.05, 0.1) is 7.11 Å². The summed E-state index contributed by atoms with van der Waals surface area (Å²) in [5.74, 6) is -0.234. The minimum Gasteiger partial charge on any atom is -0.497 e. The Kier molecular flexibility index (Phi) is 3.97. The zero-order chi connectivity index (χ0) is 13.7. The molecular weight excluding hydrogens is 244 g/mol. The molecule has 0 aliphatic rings. The second-order valence-electron chi connectivity index (χ2n) is 3.93. The minimum atomic E-state index is -0.955. The summed E-state index contributed by atoms with van der Waals surface area (Å²) < 4.78 is 5.05. The van der Waals surface area contributed by atoms with E-state index in [4.69, 9.17) is 4.74 Å². The summed E-state index contributed by atoms with van der Waals surface area (Å²) in [6.45, 7) is 0. The van der Waals surface area contributed by atoms with E-state index in [0.29, 0.717) is 11.3 Å². The average Bonchev–Trinajstić information content (AvgIpc) is 2.46. The van der Waals surface area contributed by atoms with Crippen molar-refractivity contribution in [3.05, 3.63) is 54.4 Å². The van der Waals surface area contributed by atoms with Gasteiger partial charge in [0.15, 0.2) is 6.04 Å². The van der Waals surface area contributed by atoms with Crippen molar-refractivity contribution in [3.63, 3.8) is 0 Å². The van der Waals surface area contributed by atoms with E-state index in [1.807, 2.05) is 0 Å². The Labute approximate surface area is 110 Å². The summed E-state index contributed by atoms with van der Waals surface area (Å²) in [5.41, 5.74) is 1.31. The lowest BCUT2D eigenvalue weighted by Crippen LogP contribution is -2.20. The predicted molar refractivity (Wildman–Crippen MR) is 71.2 cm³/mol. The maximum atomic E-state index is 11.3. The molecule has 0 saturated heterocycles. The number of nitrogens with one attached hydrogen (secondary N) is 1. The molecule has 2 aromatic rings. The van der Waals surface area contributed by atoms with E-state index < -0.39 is 12.0 Å². The maximum Gasteiger partial charge on any atom is 0.330 e. The molecule has 1 unspecified atom stereocenters. The largest absolute Gasteiger partial charge is 0.497 e. The lowest BCUT2D eigenvalue weighted by Gasteiger charge is -2.16. The highest BCUT2D eigenvalue weighted by atomic mass is 16.5. The Morgan fingerprint density at radius 1 is 1.32 bits per heavy atom. The van der Waals surface area contributed by atoms with Gasteiger partial charge in [-0.25, -0.2) is 4.79 Å². The number of aliphatic carboxylic acids is 1. The molecule has 98 valence electrons. The Hall–Kier alpha value is -2.56. The number of carboxylic acid groups (broad SMARTS) is 1. The van der Waals surface area contributed by atoms with Crippen LogP contribution in [0, 0.1) is 0 Å². The average molecular weight is 258 g/mol. The molecule has 0 fully saturated rings. The SMILES string of the molecule is COc1ccc(NC(C(=O)O)c2cccnc2)cc1. The summed E-state index contributed by atoms with van der Waals surface area (Å²) in [5, 5.41) is 12.2. The molecule has 0 amide bonds. The second kappa shape index (κ2) is 5.86. The number of aromatic nitrogens is 1. The molecule has 0 aliphatic heterocycles. The van der Waals surface area contributed by atoms with Crippen molar-refractivity contribution in [1.29, 1.82) is 0 Å². The molecule has 0 aliphatic carbocycles. The molecule has 0 spiro atoms. The summed E-state index contributed by atoms with van der Waals surface area (Å²) in [7, 11) is 1.58. The third-order valence-electron chi connectivity index (χ3n) is 2.67. The lowest BCUT2D eigenvalue weighted by atomic mass is 10.1. The van der Waals surface area contributed by atoms with E-state index in [1.165, 1.54) is 6.20 Å². The molecule has 19 heavy (non-hydrogen) atoms. The first-order chi connectivity index (χ1) is 9.20. The van der Waals surface area contributed by atoms with Crippen LogP contribution in [0.4, 0.5) is 5.69 Å². The third-order valence-corrected chi connectivity index (χ3v) is 2.67. The fourth-order valence-corrected chi connectivity index (χ4v) is 1.69. The van der Waals surface area contributed by atoms with Crippen molar-refractivity contribution >= 4 is 11.7 Å². The van der Waals surface area contributed by atoms with Crippen LogP contribution in [0.3, 0.4) is 0 Å². The molecule has 2 N–H and O–H groups in total. The first-order valence-corrected chi connectivity index (χ1v) is 5.74. The lowest BCUT2D eigenvalue weighted by molar-refractivity contribution is -0.138. The number of anilines is 1. The number of hydrogen-bond acceptors (Lipinski definition) is 4. The number of benzene rings is 1.